The topological polar surface area (TPSA) is 111 Å². The fourth-order valence-electron chi connectivity index (χ4n) is 3.36. The molecule has 0 heterocycles. The van der Waals surface area contributed by atoms with E-state index in [0.29, 0.717) is 6.61 Å². The van der Waals surface area contributed by atoms with E-state index < -0.39 is 18.2 Å². The largest absolute Gasteiger partial charge is 0.513 e. The maximum Gasteiger partial charge on any atom is 0.513 e. The normalized spacial score (nSPS) is 10.5. The van der Waals surface area contributed by atoms with Crippen molar-refractivity contribution in [2.45, 2.75) is 90.9 Å². The van der Waals surface area contributed by atoms with Crippen LogP contribution in [0.5, 0.6) is 5.75 Å². The van der Waals surface area contributed by atoms with Crippen LogP contribution >= 0.6 is 0 Å². The molecule has 0 unspecified atom stereocenters. The number of nitrogens with one attached hydrogen (secondary N) is 1. The number of carboxylic acid groups (broad SMARTS) is 1. The summed E-state index contributed by atoms with van der Waals surface area (Å²) < 4.78 is 14.8. The Kier molecular flexibility index (Phi) is 15.2. The Morgan fingerprint density at radius 2 is 1.39 bits per heavy atom. The van der Waals surface area contributed by atoms with Crippen LogP contribution in [0, 0.1) is 0 Å². The fraction of sp³-hybridized carbons (Fsp3) is 0.640. The zero-order valence-electron chi connectivity index (χ0n) is 20.0. The Morgan fingerprint density at radius 1 is 0.818 bits per heavy atom. The summed E-state index contributed by atoms with van der Waals surface area (Å²) in [7, 11) is 0. The minimum absolute atomic E-state index is 0.0879. The molecule has 1 aromatic rings. The highest BCUT2D eigenvalue weighted by atomic mass is 16.7. The molecule has 0 aromatic heterocycles. The molecule has 1 amide bonds. The third-order valence-corrected chi connectivity index (χ3v) is 5.14. The minimum Gasteiger partial charge on any atom is -0.478 e. The number of amides is 1. The highest BCUT2D eigenvalue weighted by molar-refractivity contribution is 5.93. The molecule has 0 saturated carbocycles. The van der Waals surface area contributed by atoms with Gasteiger partial charge < -0.3 is 19.3 Å². The molecule has 8 heteroatoms. The molecule has 0 radical (unpaired) electrons. The van der Waals surface area contributed by atoms with Crippen molar-refractivity contribution in [3.8, 4) is 5.75 Å². The number of hydrogen-bond acceptors (Lipinski definition) is 6. The quantitative estimate of drug-likeness (QED) is 0.142. The van der Waals surface area contributed by atoms with Crippen LogP contribution in [0.2, 0.25) is 0 Å². The molecule has 1 rings (SSSR count). The average molecular weight is 466 g/mol. The molecule has 0 bridgehead atoms. The van der Waals surface area contributed by atoms with Gasteiger partial charge in [0.15, 0.2) is 5.75 Å². The van der Waals surface area contributed by atoms with Gasteiger partial charge in [0.05, 0.1) is 13.2 Å². The summed E-state index contributed by atoms with van der Waals surface area (Å²) in [6, 6.07) is 3.87. The molecule has 0 aliphatic rings. The van der Waals surface area contributed by atoms with Gasteiger partial charge in [-0.05, 0) is 25.5 Å². The van der Waals surface area contributed by atoms with Gasteiger partial charge in [0.2, 0.25) is 0 Å². The van der Waals surface area contributed by atoms with Crippen LogP contribution in [-0.4, -0.2) is 36.5 Å². The number of anilines is 1. The van der Waals surface area contributed by atoms with Crippen LogP contribution in [0.1, 0.15) is 101 Å². The van der Waals surface area contributed by atoms with Crippen molar-refractivity contribution in [1.29, 1.82) is 0 Å². The zero-order valence-corrected chi connectivity index (χ0v) is 20.0. The van der Waals surface area contributed by atoms with Gasteiger partial charge in [-0.25, -0.2) is 14.4 Å². The molecule has 33 heavy (non-hydrogen) atoms. The van der Waals surface area contributed by atoms with Gasteiger partial charge in [-0.15, -0.1) is 0 Å². The van der Waals surface area contributed by atoms with Crippen LogP contribution in [0.15, 0.2) is 18.2 Å². The zero-order chi connectivity index (χ0) is 24.3. The van der Waals surface area contributed by atoms with E-state index in [0.717, 1.165) is 19.3 Å². The van der Waals surface area contributed by atoms with Gasteiger partial charge in [-0.1, -0.05) is 77.6 Å². The van der Waals surface area contributed by atoms with Crippen molar-refractivity contribution in [3.63, 3.8) is 0 Å². The number of carbonyl (C=O) groups is 3. The first kappa shape index (κ1) is 28.3. The predicted octanol–water partition coefficient (Wildman–Crippen LogP) is 7.17. The van der Waals surface area contributed by atoms with E-state index in [1.807, 2.05) is 0 Å². The molecule has 0 fully saturated rings. The van der Waals surface area contributed by atoms with Gasteiger partial charge in [0.1, 0.15) is 5.56 Å². The molecule has 0 spiro atoms. The number of carboxylic acids is 1. The summed E-state index contributed by atoms with van der Waals surface area (Å²) >= 11 is 0. The van der Waals surface area contributed by atoms with Gasteiger partial charge >= 0.3 is 18.2 Å². The number of unbranched alkanes of at least 4 members (excludes halogenated alkanes) is 11. The summed E-state index contributed by atoms with van der Waals surface area (Å²) in [5.41, 5.74) is 0.0254. The van der Waals surface area contributed by atoms with E-state index >= 15 is 0 Å². The van der Waals surface area contributed by atoms with Crippen molar-refractivity contribution >= 4 is 23.9 Å². The Bertz CT molecular complexity index is 721. The van der Waals surface area contributed by atoms with Crippen molar-refractivity contribution in [2.75, 3.05) is 18.5 Å². The van der Waals surface area contributed by atoms with E-state index in [9.17, 15) is 19.5 Å². The Labute approximate surface area is 197 Å². The number of benzene rings is 1. The first-order valence-corrected chi connectivity index (χ1v) is 12.1. The molecule has 8 nitrogen and oxygen atoms in total. The van der Waals surface area contributed by atoms with E-state index in [4.69, 9.17) is 9.47 Å². The van der Waals surface area contributed by atoms with E-state index in [1.54, 1.807) is 6.92 Å². The van der Waals surface area contributed by atoms with Gasteiger partial charge in [0.25, 0.3) is 0 Å². The second-order valence-electron chi connectivity index (χ2n) is 7.95. The number of aromatic carboxylic acids is 1. The summed E-state index contributed by atoms with van der Waals surface area (Å²) in [6.07, 6.45) is 13.1. The smallest absolute Gasteiger partial charge is 0.478 e. The average Bonchev–Trinajstić information content (AvgIpc) is 2.77. The Hall–Kier alpha value is -2.77. The van der Waals surface area contributed by atoms with Crippen molar-refractivity contribution in [1.82, 2.24) is 0 Å². The Balaban J connectivity index is 2.23. The summed E-state index contributed by atoms with van der Waals surface area (Å²) in [5.74, 6) is -1.49. The minimum atomic E-state index is -1.27. The standard InChI is InChI=1S/C25H39NO7/c1-3-5-6-7-8-9-10-11-12-13-14-15-18-32-24(29)26-20-16-17-21(23(27)28)22(19-20)33-25(30)31-4-2/h16-17,19H,3-15,18H2,1-2H3,(H,26,29)(H,27,28). The summed E-state index contributed by atoms with van der Waals surface area (Å²) in [6.45, 7) is 4.23. The molecule has 0 aliphatic carbocycles. The van der Waals surface area contributed by atoms with Crippen molar-refractivity contribution in [3.05, 3.63) is 23.8 Å². The van der Waals surface area contributed by atoms with E-state index in [2.05, 4.69) is 17.0 Å². The lowest BCUT2D eigenvalue weighted by atomic mass is 10.1. The van der Waals surface area contributed by atoms with Crippen LogP contribution in [0.4, 0.5) is 15.3 Å². The summed E-state index contributed by atoms with van der Waals surface area (Å²) in [5, 5.41) is 11.7. The maximum absolute atomic E-state index is 12.0. The highest BCUT2D eigenvalue weighted by Gasteiger charge is 2.17. The molecule has 2 N–H and O–H groups in total. The number of hydrogen-bond donors (Lipinski definition) is 2. The second-order valence-corrected chi connectivity index (χ2v) is 7.95. The number of rotatable bonds is 17. The van der Waals surface area contributed by atoms with Crippen LogP contribution in [0.25, 0.3) is 0 Å². The molecular formula is C25H39NO7. The third-order valence-electron chi connectivity index (χ3n) is 5.14. The Morgan fingerprint density at radius 3 is 1.94 bits per heavy atom. The SMILES string of the molecule is CCCCCCCCCCCCCCOC(=O)Nc1ccc(C(=O)O)c(OC(=O)OCC)c1. The molecule has 186 valence electrons. The number of carbonyl (C=O) groups excluding carboxylic acids is 2. The predicted molar refractivity (Wildman–Crippen MR) is 127 cm³/mol. The monoisotopic (exact) mass is 465 g/mol. The van der Waals surface area contributed by atoms with Crippen molar-refractivity contribution in [2.24, 2.45) is 0 Å². The lowest BCUT2D eigenvalue weighted by Gasteiger charge is -2.11. The van der Waals surface area contributed by atoms with Crippen molar-refractivity contribution < 1.29 is 33.7 Å². The van der Waals surface area contributed by atoms with Gasteiger partial charge in [0, 0.05) is 11.8 Å². The van der Waals surface area contributed by atoms with E-state index in [-0.39, 0.29) is 23.6 Å². The highest BCUT2D eigenvalue weighted by Crippen LogP contribution is 2.24. The molecular weight excluding hydrogens is 426 g/mol. The molecule has 1 aromatic carbocycles. The molecule has 0 atom stereocenters. The van der Waals surface area contributed by atoms with Gasteiger partial charge in [-0.2, -0.15) is 0 Å². The third kappa shape index (κ3) is 13.4. The second kappa shape index (κ2) is 17.7. The van der Waals surface area contributed by atoms with E-state index in [1.165, 1.54) is 76.0 Å². The number of ether oxygens (including phenoxy) is 3. The molecule has 0 saturated heterocycles. The first-order valence-electron chi connectivity index (χ1n) is 12.1. The van der Waals surface area contributed by atoms with Crippen LogP contribution in [-0.2, 0) is 9.47 Å². The van der Waals surface area contributed by atoms with Crippen LogP contribution < -0.4 is 10.1 Å². The fourth-order valence-corrected chi connectivity index (χ4v) is 3.36. The first-order chi connectivity index (χ1) is 16.0. The van der Waals surface area contributed by atoms with Gasteiger partial charge in [-0.3, -0.25) is 5.32 Å². The summed E-state index contributed by atoms with van der Waals surface area (Å²) in [4.78, 5) is 34.8. The lowest BCUT2D eigenvalue weighted by molar-refractivity contribution is 0.0690. The lowest BCUT2D eigenvalue weighted by Crippen LogP contribution is -2.16. The molecule has 0 aliphatic heterocycles. The van der Waals surface area contributed by atoms with Crippen LogP contribution in [0.3, 0.4) is 0 Å². The maximum atomic E-state index is 12.0.